The van der Waals surface area contributed by atoms with Gasteiger partial charge < -0.3 is 65.1 Å². The van der Waals surface area contributed by atoms with Gasteiger partial charge in [0.25, 0.3) is 0 Å². The highest BCUT2D eigenvalue weighted by Gasteiger charge is 2.51. The topological polar surface area (TPSA) is 228 Å². The van der Waals surface area contributed by atoms with Gasteiger partial charge in [0.15, 0.2) is 12.6 Å². The van der Waals surface area contributed by atoms with Crippen molar-refractivity contribution < 1.29 is 64.6 Å². The summed E-state index contributed by atoms with van der Waals surface area (Å²) < 4.78 is 22.7. The van der Waals surface area contributed by atoms with Crippen molar-refractivity contribution >= 4 is 5.91 Å². The molecule has 2 heterocycles. The van der Waals surface area contributed by atoms with Crippen LogP contribution in [0.25, 0.3) is 0 Å². The molecular weight excluding hydrogens is 835 g/mol. The van der Waals surface area contributed by atoms with Crippen molar-refractivity contribution in [2.24, 2.45) is 0 Å². The summed E-state index contributed by atoms with van der Waals surface area (Å²) in [5.74, 6) is -0.203. The molecule has 2 fully saturated rings. The third-order valence-corrected chi connectivity index (χ3v) is 13.6. The van der Waals surface area contributed by atoms with Gasteiger partial charge in [0.1, 0.15) is 48.8 Å². The number of carbonyl (C=O) groups excluding carboxylic acids is 1. The molecule has 14 heteroatoms. The van der Waals surface area contributed by atoms with Crippen LogP contribution in [-0.4, -0.2) is 140 Å². The van der Waals surface area contributed by atoms with Gasteiger partial charge in [-0.2, -0.15) is 0 Å². The SMILES string of the molecule is CCCCCCCCCCCCCCCCCCCCCCC(=O)N[C@@H](CO[C@@H]1O[C@H](CO)[C@@H](O[C@@H]2O[C@H](CO)[C@H](O)C(O)C2O)C(O)C1O)[C@H](O)CCCCCCCCCCCCC. The fraction of sp³-hybridized carbons (Fsp3) is 0.980. The summed E-state index contributed by atoms with van der Waals surface area (Å²) in [4.78, 5) is 13.2. The van der Waals surface area contributed by atoms with E-state index in [1.807, 2.05) is 0 Å². The summed E-state index contributed by atoms with van der Waals surface area (Å²) in [6.07, 6.45) is 22.5. The van der Waals surface area contributed by atoms with Crippen LogP contribution in [0.15, 0.2) is 0 Å². The lowest BCUT2D eigenvalue weighted by Gasteiger charge is -2.46. The van der Waals surface area contributed by atoms with E-state index in [2.05, 4.69) is 19.2 Å². The van der Waals surface area contributed by atoms with Crippen LogP contribution in [0.1, 0.15) is 226 Å². The Labute approximate surface area is 393 Å². The predicted molar refractivity (Wildman–Crippen MR) is 254 cm³/mol. The maximum absolute atomic E-state index is 13.2. The molecule has 386 valence electrons. The van der Waals surface area contributed by atoms with Gasteiger partial charge >= 0.3 is 0 Å². The lowest BCUT2D eigenvalue weighted by Crippen LogP contribution is -2.65. The molecule has 12 atom stereocenters. The van der Waals surface area contributed by atoms with E-state index < -0.39 is 86.8 Å². The minimum absolute atomic E-state index is 0.203. The van der Waals surface area contributed by atoms with Gasteiger partial charge in [-0.05, 0) is 12.8 Å². The number of unbranched alkanes of at least 4 members (excludes halogenated alkanes) is 29. The highest BCUT2D eigenvalue weighted by Crippen LogP contribution is 2.30. The Morgan fingerprint density at radius 1 is 0.492 bits per heavy atom. The number of aliphatic hydroxyl groups is 8. The maximum atomic E-state index is 13.2. The second-order valence-corrected chi connectivity index (χ2v) is 19.4. The molecule has 1 amide bonds. The molecule has 0 aliphatic carbocycles. The molecule has 9 N–H and O–H groups in total. The lowest BCUT2D eigenvalue weighted by molar-refractivity contribution is -0.359. The molecule has 4 unspecified atom stereocenters. The molecule has 0 spiro atoms. The number of amides is 1. The van der Waals surface area contributed by atoms with E-state index in [1.165, 1.54) is 148 Å². The minimum atomic E-state index is -1.78. The van der Waals surface area contributed by atoms with Gasteiger partial charge in [0.2, 0.25) is 5.91 Å². The molecule has 0 bridgehead atoms. The average Bonchev–Trinajstić information content (AvgIpc) is 3.30. The second-order valence-electron chi connectivity index (χ2n) is 19.4. The minimum Gasteiger partial charge on any atom is -0.394 e. The van der Waals surface area contributed by atoms with E-state index in [4.69, 9.17) is 18.9 Å². The quantitative estimate of drug-likeness (QED) is 0.0273. The van der Waals surface area contributed by atoms with Gasteiger partial charge in [0.05, 0.1) is 32.0 Å². The number of ether oxygens (including phenoxy) is 4. The number of hydrogen-bond donors (Lipinski definition) is 9. The van der Waals surface area contributed by atoms with Crippen LogP contribution in [0.3, 0.4) is 0 Å². The Balaban J connectivity index is 1.76. The Bertz CT molecular complexity index is 1100. The van der Waals surface area contributed by atoms with Crippen molar-refractivity contribution in [3.8, 4) is 0 Å². The van der Waals surface area contributed by atoms with Crippen molar-refractivity contribution in [3.05, 3.63) is 0 Å². The number of aliphatic hydroxyl groups excluding tert-OH is 8. The number of hydrogen-bond acceptors (Lipinski definition) is 13. The molecule has 65 heavy (non-hydrogen) atoms. The van der Waals surface area contributed by atoms with Crippen LogP contribution < -0.4 is 5.32 Å². The van der Waals surface area contributed by atoms with E-state index in [1.54, 1.807) is 0 Å². The van der Waals surface area contributed by atoms with Gasteiger partial charge in [-0.3, -0.25) is 4.79 Å². The first-order valence-electron chi connectivity index (χ1n) is 26.8. The molecule has 0 aromatic heterocycles. The number of rotatable bonds is 42. The van der Waals surface area contributed by atoms with E-state index in [9.17, 15) is 45.6 Å². The van der Waals surface area contributed by atoms with Gasteiger partial charge in [0, 0.05) is 6.42 Å². The third-order valence-electron chi connectivity index (χ3n) is 13.6. The van der Waals surface area contributed by atoms with Crippen LogP contribution >= 0.6 is 0 Å². The van der Waals surface area contributed by atoms with E-state index in [0.29, 0.717) is 12.8 Å². The Morgan fingerprint density at radius 3 is 1.31 bits per heavy atom. The zero-order valence-electron chi connectivity index (χ0n) is 41.0. The number of nitrogens with one attached hydrogen (secondary N) is 1. The first-order chi connectivity index (χ1) is 31.6. The highest BCUT2D eigenvalue weighted by atomic mass is 16.7. The van der Waals surface area contributed by atoms with E-state index in [0.717, 1.165) is 51.4 Å². The monoisotopic (exact) mass is 934 g/mol. The third kappa shape index (κ3) is 26.0. The highest BCUT2D eigenvalue weighted by molar-refractivity contribution is 5.76. The predicted octanol–water partition coefficient (Wildman–Crippen LogP) is 7.39. The summed E-state index contributed by atoms with van der Waals surface area (Å²) in [5.41, 5.74) is 0. The zero-order chi connectivity index (χ0) is 47.5. The largest absolute Gasteiger partial charge is 0.394 e. The summed E-state index contributed by atoms with van der Waals surface area (Å²) in [7, 11) is 0. The average molecular weight is 934 g/mol. The molecule has 0 radical (unpaired) electrons. The Hall–Kier alpha value is -1.01. The standard InChI is InChI=1S/C51H99NO13/c1-3-5-7-9-11-13-15-16-17-18-19-20-21-22-23-25-27-29-31-33-35-43(56)52-39(40(55)34-32-30-28-26-24-14-12-10-8-6-4-2)38-62-50-48(61)46(59)49(42(37-54)64-50)65-51-47(60)45(58)44(57)41(36-53)63-51/h39-42,44-51,53-55,57-61H,3-38H2,1-2H3,(H,52,56)/t39-,40+,41+,42+,44-,45?,46?,47?,48?,49+,50+,51-/m0/s1. The van der Waals surface area contributed by atoms with Gasteiger partial charge in [-0.1, -0.05) is 206 Å². The van der Waals surface area contributed by atoms with E-state index >= 15 is 0 Å². The smallest absolute Gasteiger partial charge is 0.220 e. The molecule has 0 saturated carbocycles. The zero-order valence-corrected chi connectivity index (χ0v) is 41.0. The van der Waals surface area contributed by atoms with E-state index in [-0.39, 0.29) is 12.5 Å². The fourth-order valence-electron chi connectivity index (χ4n) is 9.18. The van der Waals surface area contributed by atoms with Crippen LogP contribution in [0.2, 0.25) is 0 Å². The first-order valence-corrected chi connectivity index (χ1v) is 26.8. The summed E-state index contributed by atoms with van der Waals surface area (Å²) in [6, 6.07) is -0.820. The van der Waals surface area contributed by atoms with Crippen LogP contribution in [0, 0.1) is 0 Å². The Morgan fingerprint density at radius 2 is 0.877 bits per heavy atom. The van der Waals surface area contributed by atoms with Crippen molar-refractivity contribution in [1.29, 1.82) is 0 Å². The molecule has 2 rings (SSSR count). The summed E-state index contributed by atoms with van der Waals surface area (Å²) >= 11 is 0. The van der Waals surface area contributed by atoms with Crippen LogP contribution in [0.4, 0.5) is 0 Å². The van der Waals surface area contributed by atoms with Gasteiger partial charge in [-0.15, -0.1) is 0 Å². The van der Waals surface area contributed by atoms with Crippen molar-refractivity contribution in [1.82, 2.24) is 5.32 Å². The van der Waals surface area contributed by atoms with Crippen LogP contribution in [-0.2, 0) is 23.7 Å². The van der Waals surface area contributed by atoms with Crippen LogP contribution in [0.5, 0.6) is 0 Å². The Kier molecular flexibility index (Phi) is 35.9. The van der Waals surface area contributed by atoms with Crippen molar-refractivity contribution in [2.75, 3.05) is 19.8 Å². The molecule has 2 aliphatic heterocycles. The van der Waals surface area contributed by atoms with Gasteiger partial charge in [-0.25, -0.2) is 0 Å². The van der Waals surface area contributed by atoms with Crippen molar-refractivity contribution in [3.63, 3.8) is 0 Å². The molecule has 14 nitrogen and oxygen atoms in total. The lowest BCUT2D eigenvalue weighted by atomic mass is 9.97. The summed E-state index contributed by atoms with van der Waals surface area (Å²) in [6.45, 7) is 2.86. The molecule has 0 aromatic carbocycles. The molecule has 0 aromatic rings. The maximum Gasteiger partial charge on any atom is 0.220 e. The normalized spacial score (nSPS) is 26.9. The first kappa shape index (κ1) is 60.1. The summed E-state index contributed by atoms with van der Waals surface area (Å²) in [5, 5.41) is 86.9. The molecular formula is C51H99NO13. The molecule has 2 saturated heterocycles. The second kappa shape index (κ2) is 38.8. The molecule has 2 aliphatic rings. The number of carbonyl (C=O) groups is 1. The van der Waals surface area contributed by atoms with Crippen molar-refractivity contribution in [2.45, 2.75) is 299 Å². The fourth-order valence-corrected chi connectivity index (χ4v) is 9.18.